The molecule has 2 aromatic carbocycles. The fourth-order valence-corrected chi connectivity index (χ4v) is 3.16. The average Bonchev–Trinajstić information content (AvgIpc) is 2.69. The molecule has 1 heterocycles. The molecule has 6 heteroatoms. The van der Waals surface area contributed by atoms with Crippen LogP contribution in [0.1, 0.15) is 11.1 Å². The fourth-order valence-electron chi connectivity index (χ4n) is 2.96. The topological polar surface area (TPSA) is 37.3 Å². The summed E-state index contributed by atoms with van der Waals surface area (Å²) < 4.78 is 10.7. The number of hydrogen-bond donors (Lipinski definition) is 0. The van der Waals surface area contributed by atoms with Crippen molar-refractivity contribution in [2.24, 2.45) is 5.10 Å². The summed E-state index contributed by atoms with van der Waals surface area (Å²) in [4.78, 5) is 2.40. The second-order valence-corrected chi connectivity index (χ2v) is 6.58. The number of nitrogens with zero attached hydrogens (tertiary/aromatic N) is 3. The second-order valence-electron chi connectivity index (χ2n) is 6.17. The van der Waals surface area contributed by atoms with Crippen LogP contribution in [-0.4, -0.2) is 56.5 Å². The van der Waals surface area contributed by atoms with Gasteiger partial charge in [-0.15, -0.1) is 0 Å². The molecule has 1 aliphatic rings. The van der Waals surface area contributed by atoms with Gasteiger partial charge in [-0.1, -0.05) is 29.8 Å². The third-order valence-electron chi connectivity index (χ3n) is 4.50. The zero-order chi connectivity index (χ0) is 18.4. The summed E-state index contributed by atoms with van der Waals surface area (Å²) >= 11 is 6.26. The third-order valence-corrected chi connectivity index (χ3v) is 4.87. The van der Waals surface area contributed by atoms with Crippen LogP contribution in [0.3, 0.4) is 0 Å². The molecule has 0 saturated carbocycles. The molecular weight excluding hydrogens is 350 g/mol. The summed E-state index contributed by atoms with van der Waals surface area (Å²) in [6, 6.07) is 13.7. The highest BCUT2D eigenvalue weighted by Gasteiger charge is 2.16. The van der Waals surface area contributed by atoms with Crippen molar-refractivity contribution < 1.29 is 9.47 Å². The molecule has 3 rings (SSSR count). The predicted octanol–water partition coefficient (Wildman–Crippen LogP) is 3.51. The van der Waals surface area contributed by atoms with Crippen LogP contribution in [0.2, 0.25) is 5.02 Å². The van der Waals surface area contributed by atoms with Gasteiger partial charge in [-0.3, -0.25) is 9.91 Å². The van der Waals surface area contributed by atoms with E-state index in [4.69, 9.17) is 21.1 Å². The van der Waals surface area contributed by atoms with Crippen LogP contribution in [0.4, 0.5) is 0 Å². The van der Waals surface area contributed by atoms with E-state index in [2.05, 4.69) is 21.1 Å². The molecule has 0 radical (unpaired) electrons. The molecule has 1 fully saturated rings. The summed E-state index contributed by atoms with van der Waals surface area (Å²) in [7, 11) is 3.31. The standard InChI is InChI=1S/C20H24ClN3O2/c1-25-18-7-8-20(26-2)17(13-18)14-22-24-11-9-23(10-12-24)15-16-5-3-4-6-19(16)21/h3-8,13-14H,9-12,15H2,1-2H3. The summed E-state index contributed by atoms with van der Waals surface area (Å²) in [6.45, 7) is 4.55. The SMILES string of the molecule is COc1ccc(OC)c(C=NN2CCN(Cc3ccccc3Cl)CC2)c1. The van der Waals surface area contributed by atoms with Crippen LogP contribution in [0.15, 0.2) is 47.6 Å². The van der Waals surface area contributed by atoms with Gasteiger partial charge in [0.05, 0.1) is 20.4 Å². The summed E-state index contributed by atoms with van der Waals surface area (Å²) in [5.74, 6) is 1.57. The first kappa shape index (κ1) is 18.5. The molecule has 5 nitrogen and oxygen atoms in total. The zero-order valence-electron chi connectivity index (χ0n) is 15.2. The molecule has 0 atom stereocenters. The van der Waals surface area contributed by atoms with Gasteiger partial charge < -0.3 is 9.47 Å². The second kappa shape index (κ2) is 8.92. The molecule has 1 saturated heterocycles. The van der Waals surface area contributed by atoms with E-state index in [1.807, 2.05) is 42.6 Å². The van der Waals surface area contributed by atoms with Gasteiger partial charge >= 0.3 is 0 Å². The lowest BCUT2D eigenvalue weighted by Crippen LogP contribution is -2.43. The number of ether oxygens (including phenoxy) is 2. The fraction of sp³-hybridized carbons (Fsp3) is 0.350. The largest absolute Gasteiger partial charge is 0.497 e. The van der Waals surface area contributed by atoms with E-state index in [-0.39, 0.29) is 0 Å². The van der Waals surface area contributed by atoms with E-state index < -0.39 is 0 Å². The van der Waals surface area contributed by atoms with Gasteiger partial charge in [0.15, 0.2) is 0 Å². The van der Waals surface area contributed by atoms with E-state index in [1.165, 1.54) is 5.56 Å². The highest BCUT2D eigenvalue weighted by molar-refractivity contribution is 6.31. The average molecular weight is 374 g/mol. The molecule has 0 aliphatic carbocycles. The predicted molar refractivity (Wildman–Crippen MR) is 105 cm³/mol. The molecular formula is C20H24ClN3O2. The van der Waals surface area contributed by atoms with Crippen LogP contribution in [0.25, 0.3) is 0 Å². The van der Waals surface area contributed by atoms with Gasteiger partial charge in [0.25, 0.3) is 0 Å². The van der Waals surface area contributed by atoms with Crippen molar-refractivity contribution in [3.05, 3.63) is 58.6 Å². The highest BCUT2D eigenvalue weighted by atomic mass is 35.5. The summed E-state index contributed by atoms with van der Waals surface area (Å²) in [6.07, 6.45) is 1.84. The van der Waals surface area contributed by atoms with Crippen LogP contribution < -0.4 is 9.47 Å². The van der Waals surface area contributed by atoms with Crippen molar-refractivity contribution in [2.75, 3.05) is 40.4 Å². The Morgan fingerprint density at radius 1 is 1.04 bits per heavy atom. The maximum atomic E-state index is 6.26. The summed E-state index contributed by atoms with van der Waals surface area (Å²) in [5.41, 5.74) is 2.08. The number of halogens is 1. The van der Waals surface area contributed by atoms with Crippen molar-refractivity contribution in [2.45, 2.75) is 6.54 Å². The number of benzene rings is 2. The Balaban J connectivity index is 1.57. The first-order valence-corrected chi connectivity index (χ1v) is 9.04. The smallest absolute Gasteiger partial charge is 0.127 e. The van der Waals surface area contributed by atoms with Crippen molar-refractivity contribution in [1.82, 2.24) is 9.91 Å². The lowest BCUT2D eigenvalue weighted by Gasteiger charge is -2.33. The number of hydrogen-bond acceptors (Lipinski definition) is 5. The first-order chi connectivity index (χ1) is 12.7. The lowest BCUT2D eigenvalue weighted by atomic mass is 10.2. The summed E-state index contributed by atoms with van der Waals surface area (Å²) in [5, 5.41) is 7.53. The Labute approximate surface area is 159 Å². The van der Waals surface area contributed by atoms with Crippen molar-refractivity contribution >= 4 is 17.8 Å². The minimum absolute atomic E-state index is 0.784. The highest BCUT2D eigenvalue weighted by Crippen LogP contribution is 2.22. The number of rotatable bonds is 6. The van der Waals surface area contributed by atoms with Gasteiger partial charge in [0.2, 0.25) is 0 Å². The minimum atomic E-state index is 0.784. The van der Waals surface area contributed by atoms with Crippen molar-refractivity contribution in [3.8, 4) is 11.5 Å². The third kappa shape index (κ3) is 4.68. The number of methoxy groups -OCH3 is 2. The molecule has 0 spiro atoms. The van der Waals surface area contributed by atoms with Gasteiger partial charge in [0.1, 0.15) is 11.5 Å². The molecule has 2 aromatic rings. The Hall–Kier alpha value is -2.24. The molecule has 138 valence electrons. The molecule has 0 amide bonds. The van der Waals surface area contributed by atoms with Gasteiger partial charge in [0, 0.05) is 43.3 Å². The quantitative estimate of drug-likeness (QED) is 0.726. The van der Waals surface area contributed by atoms with Crippen molar-refractivity contribution in [3.63, 3.8) is 0 Å². The van der Waals surface area contributed by atoms with E-state index in [0.717, 1.165) is 54.8 Å². The molecule has 0 aromatic heterocycles. The van der Waals surface area contributed by atoms with Crippen LogP contribution in [0.5, 0.6) is 11.5 Å². The monoisotopic (exact) mass is 373 g/mol. The van der Waals surface area contributed by atoms with E-state index in [9.17, 15) is 0 Å². The Bertz CT molecular complexity index is 758. The first-order valence-electron chi connectivity index (χ1n) is 8.66. The molecule has 26 heavy (non-hydrogen) atoms. The van der Waals surface area contributed by atoms with Crippen LogP contribution in [0, 0.1) is 0 Å². The Morgan fingerprint density at radius 3 is 2.50 bits per heavy atom. The molecule has 1 aliphatic heterocycles. The van der Waals surface area contributed by atoms with E-state index in [1.54, 1.807) is 14.2 Å². The normalized spacial score (nSPS) is 15.4. The van der Waals surface area contributed by atoms with Gasteiger partial charge in [-0.2, -0.15) is 5.10 Å². The van der Waals surface area contributed by atoms with Gasteiger partial charge in [-0.05, 0) is 29.8 Å². The van der Waals surface area contributed by atoms with Crippen LogP contribution in [-0.2, 0) is 6.54 Å². The maximum Gasteiger partial charge on any atom is 0.127 e. The zero-order valence-corrected chi connectivity index (χ0v) is 15.9. The minimum Gasteiger partial charge on any atom is -0.497 e. The number of hydrazone groups is 1. The number of piperazine rings is 1. The van der Waals surface area contributed by atoms with E-state index >= 15 is 0 Å². The van der Waals surface area contributed by atoms with Crippen molar-refractivity contribution in [1.29, 1.82) is 0 Å². The molecule has 0 bridgehead atoms. The van der Waals surface area contributed by atoms with Crippen LogP contribution >= 0.6 is 11.6 Å². The Kier molecular flexibility index (Phi) is 6.36. The van der Waals surface area contributed by atoms with Gasteiger partial charge in [-0.25, -0.2) is 0 Å². The maximum absolute atomic E-state index is 6.26. The molecule has 0 unspecified atom stereocenters. The van der Waals surface area contributed by atoms with E-state index in [0.29, 0.717) is 0 Å². The Morgan fingerprint density at radius 2 is 1.81 bits per heavy atom. The lowest BCUT2D eigenvalue weighted by molar-refractivity contribution is 0.131. The molecule has 0 N–H and O–H groups in total.